The molecule has 0 saturated carbocycles. The van der Waals surface area contributed by atoms with Gasteiger partial charge in [-0.1, -0.05) is 0 Å². The molecule has 1 N–H and O–H groups in total. The van der Waals surface area contributed by atoms with E-state index in [1.165, 1.54) is 0 Å². The Hall–Kier alpha value is 0.938. The Morgan fingerprint density at radius 2 is 1.40 bits per heavy atom. The van der Waals surface area contributed by atoms with Gasteiger partial charge in [-0.05, 0) is 14.1 Å². The fourth-order valence-electron chi connectivity index (χ4n) is 0. The van der Waals surface area contributed by atoms with Crippen molar-refractivity contribution in [2.45, 2.75) is 0 Å². The van der Waals surface area contributed by atoms with E-state index in [4.69, 9.17) is 9.42 Å². The minimum atomic E-state index is 1.06. The molecule has 0 atom stereocenters. The summed E-state index contributed by atoms with van der Waals surface area (Å²) in [5.41, 5.74) is 0. The second-order valence-corrected chi connectivity index (χ2v) is 0.500. The molecule has 0 radical (unpaired) electrons. The quantitative estimate of drug-likeness (QED) is 0.673. The van der Waals surface area contributed by atoms with Crippen molar-refractivity contribution < 1.29 is 18.8 Å². The maximum absolute atomic E-state index is 4.72. The molecule has 1 nitrogen and oxygen atoms in total. The third-order valence-corrected chi connectivity index (χ3v) is 0. The molecule has 0 bridgehead atoms. The van der Waals surface area contributed by atoms with E-state index in [2.05, 4.69) is 5.32 Å². The average molecular weight is 264 g/mol. The third-order valence-electron chi connectivity index (χ3n) is 0. The van der Waals surface area contributed by atoms with E-state index in [-0.39, 0.29) is 0 Å². The molecule has 0 aliphatic heterocycles. The molecule has 33 valence electrons. The second-order valence-electron chi connectivity index (χ2n) is 0.500. The van der Waals surface area contributed by atoms with E-state index in [0.29, 0.717) is 0 Å². The molecule has 0 aromatic heterocycles. The van der Waals surface area contributed by atoms with Gasteiger partial charge in [0.2, 0.25) is 0 Å². The zero-order chi connectivity index (χ0) is 4.71. The van der Waals surface area contributed by atoms with Crippen molar-refractivity contribution in [2.24, 2.45) is 0 Å². The summed E-state index contributed by atoms with van der Waals surface area (Å²) in [4.78, 5) is 0. The van der Waals surface area contributed by atoms with Crippen LogP contribution in [0, 0.1) is 0 Å². The first-order valence-electron chi connectivity index (χ1n) is 1.15. The van der Waals surface area contributed by atoms with Gasteiger partial charge >= 0.3 is 28.2 Å². The monoisotopic (exact) mass is 264 g/mol. The van der Waals surface area contributed by atoms with Crippen LogP contribution in [0.5, 0.6) is 0 Å². The Kier molecular flexibility index (Phi) is 38.1. The maximum atomic E-state index is 4.72. The molecule has 3 heteroatoms. The van der Waals surface area contributed by atoms with Crippen molar-refractivity contribution in [3.8, 4) is 0 Å². The zero-order valence-corrected chi connectivity index (χ0v) is 6.98. The van der Waals surface area contributed by atoms with Gasteiger partial charge in [0.25, 0.3) is 0 Å². The number of halogens is 1. The van der Waals surface area contributed by atoms with E-state index in [1.54, 1.807) is 0 Å². The van der Waals surface area contributed by atoms with Gasteiger partial charge in [-0.2, -0.15) is 0 Å². The van der Waals surface area contributed by atoms with Gasteiger partial charge in [0.1, 0.15) is 0 Å². The predicted molar refractivity (Wildman–Crippen MR) is 20.8 cm³/mol. The van der Waals surface area contributed by atoms with E-state index in [9.17, 15) is 0 Å². The summed E-state index contributed by atoms with van der Waals surface area (Å²) in [6.07, 6.45) is 0. The predicted octanol–water partition coefficient (Wildman–Crippen LogP) is 0.523. The zero-order valence-electron chi connectivity index (χ0n) is 3.29. The number of nitrogens with one attached hydrogen (secondary N) is 1. The first kappa shape index (κ1) is 9.34. The minimum absolute atomic E-state index is 1.06. The van der Waals surface area contributed by atoms with Crippen molar-refractivity contribution in [1.82, 2.24) is 5.32 Å². The molecular formula is C2H7ClNW. The molecular weight excluding hydrogens is 257 g/mol. The fourth-order valence-corrected chi connectivity index (χ4v) is 0. The van der Waals surface area contributed by atoms with E-state index < -0.39 is 0 Å². The topological polar surface area (TPSA) is 12.0 Å². The summed E-state index contributed by atoms with van der Waals surface area (Å²) in [5.74, 6) is 0. The SMILES string of the molecule is CNC.[Cl][W]. The van der Waals surface area contributed by atoms with Gasteiger partial charge in [0, 0.05) is 0 Å². The Labute approximate surface area is 47.9 Å². The molecule has 0 aliphatic carbocycles. The molecule has 0 saturated heterocycles. The summed E-state index contributed by atoms with van der Waals surface area (Å²) in [5, 5.41) is 2.75. The molecule has 0 aliphatic rings. The van der Waals surface area contributed by atoms with Crippen LogP contribution in [-0.2, 0) is 18.8 Å². The number of rotatable bonds is 0. The Morgan fingerprint density at radius 3 is 1.40 bits per heavy atom. The normalized spacial score (nSPS) is 4.60. The Bertz CT molecular complexity index is 9.61. The number of hydrogen-bond donors (Lipinski definition) is 1. The summed E-state index contributed by atoms with van der Waals surface area (Å²) in [7, 11) is 8.47. The molecule has 0 aromatic rings. The van der Waals surface area contributed by atoms with Gasteiger partial charge in [0.15, 0.2) is 0 Å². The van der Waals surface area contributed by atoms with Crippen LogP contribution in [0.3, 0.4) is 0 Å². The first-order valence-corrected chi connectivity index (χ1v) is 4.79. The summed E-state index contributed by atoms with van der Waals surface area (Å²) in [6, 6.07) is 0. The van der Waals surface area contributed by atoms with Crippen molar-refractivity contribution in [3.63, 3.8) is 0 Å². The van der Waals surface area contributed by atoms with Crippen LogP contribution in [-0.4, -0.2) is 14.1 Å². The molecule has 0 spiro atoms. The summed E-state index contributed by atoms with van der Waals surface area (Å²) >= 11 is 1.06. The van der Waals surface area contributed by atoms with Gasteiger partial charge in [-0.25, -0.2) is 0 Å². The van der Waals surface area contributed by atoms with Crippen LogP contribution in [0.4, 0.5) is 0 Å². The second kappa shape index (κ2) is 20.4. The van der Waals surface area contributed by atoms with Crippen molar-refractivity contribution >= 4 is 9.42 Å². The van der Waals surface area contributed by atoms with Crippen molar-refractivity contribution in [3.05, 3.63) is 0 Å². The fraction of sp³-hybridized carbons (Fsp3) is 1.00. The molecule has 0 unspecified atom stereocenters. The first-order chi connectivity index (χ1) is 2.41. The molecule has 0 fully saturated rings. The molecule has 0 rings (SSSR count). The van der Waals surface area contributed by atoms with Crippen LogP contribution in [0.15, 0.2) is 0 Å². The van der Waals surface area contributed by atoms with Crippen LogP contribution in [0.25, 0.3) is 0 Å². The molecule has 0 aromatic carbocycles. The summed E-state index contributed by atoms with van der Waals surface area (Å²) < 4.78 is 0. The van der Waals surface area contributed by atoms with Gasteiger partial charge in [0.05, 0.1) is 0 Å². The van der Waals surface area contributed by atoms with E-state index in [0.717, 1.165) is 18.8 Å². The van der Waals surface area contributed by atoms with Crippen LogP contribution < -0.4 is 5.32 Å². The average Bonchev–Trinajstić information content (AvgIpc) is 1.46. The van der Waals surface area contributed by atoms with Gasteiger partial charge < -0.3 is 5.32 Å². The van der Waals surface area contributed by atoms with E-state index >= 15 is 0 Å². The third kappa shape index (κ3) is 48.4. The Balaban J connectivity index is 0. The van der Waals surface area contributed by atoms with E-state index in [1.807, 2.05) is 14.1 Å². The van der Waals surface area contributed by atoms with Gasteiger partial charge in [-0.3, -0.25) is 0 Å². The number of hydrogen-bond acceptors (Lipinski definition) is 1. The molecule has 5 heavy (non-hydrogen) atoms. The Morgan fingerprint density at radius 1 is 1.40 bits per heavy atom. The van der Waals surface area contributed by atoms with Crippen LogP contribution in [0.2, 0.25) is 0 Å². The van der Waals surface area contributed by atoms with Crippen LogP contribution >= 0.6 is 9.42 Å². The standard InChI is InChI=1S/C2H7N.ClH.W/c1-3-2;;/h3H,1-2H3;1H;/q;;+1/p-1. The van der Waals surface area contributed by atoms with Crippen LogP contribution in [0.1, 0.15) is 0 Å². The van der Waals surface area contributed by atoms with Crippen molar-refractivity contribution in [1.29, 1.82) is 0 Å². The molecule has 0 heterocycles. The van der Waals surface area contributed by atoms with Gasteiger partial charge in [-0.15, -0.1) is 0 Å². The summed E-state index contributed by atoms with van der Waals surface area (Å²) in [6.45, 7) is 0. The molecule has 0 amide bonds. The van der Waals surface area contributed by atoms with Crippen molar-refractivity contribution in [2.75, 3.05) is 14.1 Å².